The molecule has 1 heterocycles. The largest absolute Gasteiger partial charge is 0.461 e. The highest BCUT2D eigenvalue weighted by Crippen LogP contribution is 2.03. The smallest absolute Gasteiger partial charge is 0.310 e. The third-order valence-electron chi connectivity index (χ3n) is 2.34. The maximum Gasteiger partial charge on any atom is 0.310 e. The summed E-state index contributed by atoms with van der Waals surface area (Å²) < 4.78 is 5.17. The number of aromatic nitrogens is 1. The fraction of sp³-hybridized carbons (Fsp3) is 0.143. The monoisotopic (exact) mass is 227 g/mol. The van der Waals surface area contributed by atoms with Gasteiger partial charge >= 0.3 is 5.97 Å². The highest BCUT2D eigenvalue weighted by Gasteiger charge is 2.04. The Labute approximate surface area is 100 Å². The van der Waals surface area contributed by atoms with Gasteiger partial charge in [0.15, 0.2) is 0 Å². The number of hydrogen-bond acceptors (Lipinski definition) is 3. The van der Waals surface area contributed by atoms with Gasteiger partial charge < -0.3 is 4.74 Å². The Bertz CT molecular complexity index is 468. The van der Waals surface area contributed by atoms with Crippen LogP contribution in [0.15, 0.2) is 54.9 Å². The highest BCUT2D eigenvalue weighted by molar-refractivity contribution is 5.72. The van der Waals surface area contributed by atoms with Crippen molar-refractivity contribution < 1.29 is 9.53 Å². The molecule has 0 bridgehead atoms. The van der Waals surface area contributed by atoms with Gasteiger partial charge in [0.05, 0.1) is 6.42 Å². The van der Waals surface area contributed by atoms with Crippen LogP contribution in [0.1, 0.15) is 11.1 Å². The summed E-state index contributed by atoms with van der Waals surface area (Å²) >= 11 is 0. The van der Waals surface area contributed by atoms with Crippen LogP contribution in [0, 0.1) is 0 Å². The van der Waals surface area contributed by atoms with Crippen LogP contribution in [-0.4, -0.2) is 11.0 Å². The summed E-state index contributed by atoms with van der Waals surface area (Å²) in [6.07, 6.45) is 3.62. The molecule has 0 aliphatic rings. The van der Waals surface area contributed by atoms with Crippen molar-refractivity contribution in [2.24, 2.45) is 0 Å². The molecule has 17 heavy (non-hydrogen) atoms. The lowest BCUT2D eigenvalue weighted by molar-refractivity contribution is -0.144. The minimum Gasteiger partial charge on any atom is -0.461 e. The summed E-state index contributed by atoms with van der Waals surface area (Å²) in [7, 11) is 0. The molecule has 0 saturated heterocycles. The lowest BCUT2D eigenvalue weighted by Crippen LogP contribution is -2.07. The molecule has 0 fully saturated rings. The van der Waals surface area contributed by atoms with Crippen LogP contribution >= 0.6 is 0 Å². The third kappa shape index (κ3) is 3.72. The van der Waals surface area contributed by atoms with Crippen molar-refractivity contribution in [2.75, 3.05) is 0 Å². The normalized spacial score (nSPS) is 9.88. The first-order valence-electron chi connectivity index (χ1n) is 5.43. The van der Waals surface area contributed by atoms with Crippen LogP contribution in [0.25, 0.3) is 0 Å². The van der Waals surface area contributed by atoms with E-state index in [9.17, 15) is 4.79 Å². The molecule has 2 rings (SSSR count). The molecule has 2 aromatic rings. The van der Waals surface area contributed by atoms with E-state index < -0.39 is 0 Å². The van der Waals surface area contributed by atoms with Crippen molar-refractivity contribution >= 4 is 5.97 Å². The van der Waals surface area contributed by atoms with Crippen molar-refractivity contribution in [1.82, 2.24) is 4.98 Å². The van der Waals surface area contributed by atoms with E-state index in [4.69, 9.17) is 4.74 Å². The zero-order valence-corrected chi connectivity index (χ0v) is 9.37. The van der Waals surface area contributed by atoms with E-state index in [2.05, 4.69) is 4.98 Å². The van der Waals surface area contributed by atoms with Crippen molar-refractivity contribution in [3.05, 3.63) is 66.0 Å². The number of hydrogen-bond donors (Lipinski definition) is 0. The number of benzene rings is 1. The Kier molecular flexibility index (Phi) is 3.86. The summed E-state index contributed by atoms with van der Waals surface area (Å²) in [5, 5.41) is 0. The Morgan fingerprint density at radius 2 is 1.71 bits per heavy atom. The molecular weight excluding hydrogens is 214 g/mol. The van der Waals surface area contributed by atoms with Crippen molar-refractivity contribution in [3.63, 3.8) is 0 Å². The summed E-state index contributed by atoms with van der Waals surface area (Å²) in [6, 6.07) is 13.3. The Morgan fingerprint density at radius 1 is 1.00 bits per heavy atom. The molecule has 0 amide bonds. The van der Waals surface area contributed by atoms with Crippen molar-refractivity contribution in [3.8, 4) is 0 Å². The summed E-state index contributed by atoms with van der Waals surface area (Å²) in [4.78, 5) is 15.4. The number of carbonyl (C=O) groups is 1. The van der Waals surface area contributed by atoms with Gasteiger partial charge in [-0.15, -0.1) is 0 Å². The van der Waals surface area contributed by atoms with Crippen molar-refractivity contribution in [1.29, 1.82) is 0 Å². The van der Waals surface area contributed by atoms with Crippen LogP contribution in [-0.2, 0) is 22.6 Å². The Morgan fingerprint density at radius 3 is 2.41 bits per heavy atom. The van der Waals surface area contributed by atoms with E-state index >= 15 is 0 Å². The molecule has 0 N–H and O–H groups in total. The molecule has 0 aliphatic heterocycles. The van der Waals surface area contributed by atoms with Crippen LogP contribution in [0.3, 0.4) is 0 Å². The van der Waals surface area contributed by atoms with E-state index in [1.54, 1.807) is 12.4 Å². The third-order valence-corrected chi connectivity index (χ3v) is 2.34. The predicted octanol–water partition coefficient (Wildman–Crippen LogP) is 2.37. The number of carbonyl (C=O) groups excluding carboxylic acids is 1. The number of nitrogens with zero attached hydrogens (tertiary/aromatic N) is 1. The molecule has 0 saturated carbocycles. The molecule has 3 nitrogen and oxygen atoms in total. The zero-order chi connectivity index (χ0) is 11.9. The first-order chi connectivity index (χ1) is 8.34. The molecule has 1 aromatic heterocycles. The average molecular weight is 227 g/mol. The molecule has 1 aromatic carbocycles. The summed E-state index contributed by atoms with van der Waals surface area (Å²) in [6.45, 7) is 0.324. The summed E-state index contributed by atoms with van der Waals surface area (Å²) in [5.41, 5.74) is 1.91. The number of pyridine rings is 1. The molecule has 0 atom stereocenters. The quantitative estimate of drug-likeness (QED) is 0.753. The molecule has 0 aliphatic carbocycles. The maximum absolute atomic E-state index is 11.5. The fourth-order valence-corrected chi connectivity index (χ4v) is 1.46. The minimum absolute atomic E-state index is 0.222. The van der Waals surface area contributed by atoms with E-state index in [0.29, 0.717) is 6.61 Å². The number of ether oxygens (including phenoxy) is 1. The molecule has 0 radical (unpaired) electrons. The van der Waals surface area contributed by atoms with Crippen LogP contribution in [0.5, 0.6) is 0 Å². The second-order valence-corrected chi connectivity index (χ2v) is 3.68. The van der Waals surface area contributed by atoms with Crippen LogP contribution in [0.4, 0.5) is 0 Å². The van der Waals surface area contributed by atoms with Gasteiger partial charge in [0.2, 0.25) is 0 Å². The van der Waals surface area contributed by atoms with Gasteiger partial charge in [0.25, 0.3) is 0 Å². The minimum atomic E-state index is -0.222. The molecule has 86 valence electrons. The van der Waals surface area contributed by atoms with Gasteiger partial charge in [-0.25, -0.2) is 0 Å². The van der Waals surface area contributed by atoms with Gasteiger partial charge in [0.1, 0.15) is 6.61 Å². The predicted molar refractivity (Wildman–Crippen MR) is 64.2 cm³/mol. The SMILES string of the molecule is O=C(Cc1ccncc1)OCc1ccccc1. The van der Waals surface area contributed by atoms with E-state index in [1.165, 1.54) is 0 Å². The standard InChI is InChI=1S/C14H13NO2/c16-14(10-12-6-8-15-9-7-12)17-11-13-4-2-1-3-5-13/h1-9H,10-11H2. The fourth-order valence-electron chi connectivity index (χ4n) is 1.46. The lowest BCUT2D eigenvalue weighted by Gasteiger charge is -2.04. The zero-order valence-electron chi connectivity index (χ0n) is 9.37. The summed E-state index contributed by atoms with van der Waals surface area (Å²) in [5.74, 6) is -0.222. The molecular formula is C14H13NO2. The van der Waals surface area contributed by atoms with Crippen molar-refractivity contribution in [2.45, 2.75) is 13.0 Å². The van der Waals surface area contributed by atoms with E-state index in [-0.39, 0.29) is 12.4 Å². The second kappa shape index (κ2) is 5.80. The van der Waals surface area contributed by atoms with Crippen LogP contribution in [0.2, 0.25) is 0 Å². The lowest BCUT2D eigenvalue weighted by atomic mass is 10.2. The average Bonchev–Trinajstić information content (AvgIpc) is 2.39. The Hall–Kier alpha value is -2.16. The Balaban J connectivity index is 1.83. The van der Waals surface area contributed by atoms with E-state index in [0.717, 1.165) is 11.1 Å². The second-order valence-electron chi connectivity index (χ2n) is 3.68. The van der Waals surface area contributed by atoms with Gasteiger partial charge in [0, 0.05) is 12.4 Å². The van der Waals surface area contributed by atoms with Gasteiger partial charge in [-0.1, -0.05) is 30.3 Å². The number of esters is 1. The molecule has 0 spiro atoms. The maximum atomic E-state index is 11.5. The van der Waals surface area contributed by atoms with Gasteiger partial charge in [-0.05, 0) is 23.3 Å². The first-order valence-corrected chi connectivity index (χ1v) is 5.43. The first kappa shape index (κ1) is 11.3. The molecule has 0 unspecified atom stereocenters. The topological polar surface area (TPSA) is 39.2 Å². The highest BCUT2D eigenvalue weighted by atomic mass is 16.5. The van der Waals surface area contributed by atoms with Crippen LogP contribution < -0.4 is 0 Å². The van der Waals surface area contributed by atoms with Gasteiger partial charge in [-0.3, -0.25) is 9.78 Å². The number of rotatable bonds is 4. The van der Waals surface area contributed by atoms with E-state index in [1.807, 2.05) is 42.5 Å². The van der Waals surface area contributed by atoms with Gasteiger partial charge in [-0.2, -0.15) is 0 Å². The molecule has 3 heteroatoms.